The van der Waals surface area contributed by atoms with E-state index in [9.17, 15) is 9.90 Å². The average Bonchev–Trinajstić information content (AvgIpc) is 2.99. The molecule has 4 nitrogen and oxygen atoms in total. The van der Waals surface area contributed by atoms with Crippen LogP contribution in [0.4, 0.5) is 0 Å². The molecule has 1 fully saturated rings. The van der Waals surface area contributed by atoms with Gasteiger partial charge >= 0.3 is 0 Å². The molecule has 0 saturated carbocycles. The maximum absolute atomic E-state index is 12.3. The Hall–Kier alpha value is -1.88. The zero-order chi connectivity index (χ0) is 16.9. The second kappa shape index (κ2) is 7.79. The average molecular weight is 345 g/mol. The van der Waals surface area contributed by atoms with Crippen molar-refractivity contribution >= 4 is 17.5 Å². The van der Waals surface area contributed by atoms with Crippen molar-refractivity contribution in [1.82, 2.24) is 10.2 Å². The van der Waals surface area contributed by atoms with Crippen molar-refractivity contribution in [2.75, 3.05) is 19.7 Å². The number of nitrogens with one attached hydrogen (secondary N) is 1. The van der Waals surface area contributed by atoms with Gasteiger partial charge in [-0.15, -0.1) is 0 Å². The largest absolute Gasteiger partial charge is 0.396 e. The highest BCUT2D eigenvalue weighted by molar-refractivity contribution is 6.30. The van der Waals surface area contributed by atoms with E-state index in [2.05, 4.69) is 10.2 Å². The molecular weight excluding hydrogens is 324 g/mol. The molecule has 2 N–H and O–H groups in total. The van der Waals surface area contributed by atoms with Gasteiger partial charge in [0.25, 0.3) is 5.91 Å². The van der Waals surface area contributed by atoms with E-state index in [0.717, 1.165) is 24.7 Å². The number of likely N-dealkylation sites (tertiary alicyclic amines) is 1. The number of hydrogen-bond donors (Lipinski definition) is 2. The number of amides is 1. The third-order valence-corrected chi connectivity index (χ3v) is 4.68. The van der Waals surface area contributed by atoms with Gasteiger partial charge < -0.3 is 10.4 Å². The van der Waals surface area contributed by atoms with Crippen LogP contribution in [-0.2, 0) is 6.54 Å². The summed E-state index contributed by atoms with van der Waals surface area (Å²) in [5.74, 6) is -0.0441. The Balaban J connectivity index is 1.62. The summed E-state index contributed by atoms with van der Waals surface area (Å²) in [6.07, 6.45) is 0. The van der Waals surface area contributed by atoms with Crippen LogP contribution in [0.1, 0.15) is 15.9 Å². The lowest BCUT2D eigenvalue weighted by atomic mass is 10.0. The Morgan fingerprint density at radius 1 is 1.12 bits per heavy atom. The van der Waals surface area contributed by atoms with E-state index in [0.29, 0.717) is 5.56 Å². The third kappa shape index (κ3) is 4.15. The van der Waals surface area contributed by atoms with Gasteiger partial charge in [0.2, 0.25) is 0 Å². The molecule has 1 amide bonds. The molecule has 2 aromatic carbocycles. The fraction of sp³-hybridized carbons (Fsp3) is 0.316. The fourth-order valence-electron chi connectivity index (χ4n) is 3.13. The lowest BCUT2D eigenvalue weighted by molar-refractivity contribution is 0.0921. The second-order valence-corrected chi connectivity index (χ2v) is 6.65. The van der Waals surface area contributed by atoms with Crippen molar-refractivity contribution in [2.45, 2.75) is 12.6 Å². The summed E-state index contributed by atoms with van der Waals surface area (Å²) < 4.78 is 0. The molecule has 1 aliphatic heterocycles. The molecule has 1 saturated heterocycles. The Bertz CT molecular complexity index is 676. The van der Waals surface area contributed by atoms with Crippen LogP contribution in [-0.4, -0.2) is 41.7 Å². The molecule has 5 heteroatoms. The lowest BCUT2D eigenvalue weighted by Crippen LogP contribution is -2.41. The smallest absolute Gasteiger partial charge is 0.251 e. The molecule has 3 rings (SSSR count). The summed E-state index contributed by atoms with van der Waals surface area (Å²) >= 11 is 5.92. The molecule has 0 aromatic heterocycles. The number of benzene rings is 2. The van der Waals surface area contributed by atoms with Crippen molar-refractivity contribution in [2.24, 2.45) is 5.92 Å². The van der Waals surface area contributed by atoms with Gasteiger partial charge in [-0.1, -0.05) is 41.9 Å². The fourth-order valence-corrected chi connectivity index (χ4v) is 3.25. The Labute approximate surface area is 147 Å². The summed E-state index contributed by atoms with van der Waals surface area (Å²) in [6.45, 7) is 2.34. The Kier molecular flexibility index (Phi) is 5.51. The highest BCUT2D eigenvalue weighted by Gasteiger charge is 2.33. The molecule has 2 unspecified atom stereocenters. The van der Waals surface area contributed by atoms with Crippen LogP contribution in [0.5, 0.6) is 0 Å². The van der Waals surface area contributed by atoms with Crippen LogP contribution in [0.3, 0.4) is 0 Å². The first-order valence-electron chi connectivity index (χ1n) is 8.09. The lowest BCUT2D eigenvalue weighted by Gasteiger charge is -2.18. The highest BCUT2D eigenvalue weighted by atomic mass is 35.5. The van der Waals surface area contributed by atoms with Gasteiger partial charge in [-0.2, -0.15) is 0 Å². The maximum atomic E-state index is 12.3. The zero-order valence-corrected chi connectivity index (χ0v) is 14.1. The quantitative estimate of drug-likeness (QED) is 0.876. The normalized spacial score (nSPS) is 20.9. The summed E-state index contributed by atoms with van der Waals surface area (Å²) in [6, 6.07) is 16.9. The van der Waals surface area contributed by atoms with E-state index >= 15 is 0 Å². The minimum Gasteiger partial charge on any atom is -0.396 e. The predicted octanol–water partition coefficient (Wildman–Crippen LogP) is 2.56. The van der Waals surface area contributed by atoms with Crippen molar-refractivity contribution < 1.29 is 9.90 Å². The first-order valence-corrected chi connectivity index (χ1v) is 8.47. The van der Waals surface area contributed by atoms with Crippen molar-refractivity contribution in [3.05, 3.63) is 70.7 Å². The molecule has 0 aliphatic carbocycles. The molecule has 0 bridgehead atoms. The van der Waals surface area contributed by atoms with E-state index < -0.39 is 0 Å². The SMILES string of the molecule is O=C(NC1CN(Cc2ccc(Cl)cc2)CC1CO)c1ccccc1. The van der Waals surface area contributed by atoms with Crippen molar-refractivity contribution in [3.63, 3.8) is 0 Å². The molecule has 1 aliphatic rings. The minimum absolute atomic E-state index is 0.0463. The second-order valence-electron chi connectivity index (χ2n) is 6.21. The van der Waals surface area contributed by atoms with Gasteiger partial charge in [0, 0.05) is 48.8 Å². The Morgan fingerprint density at radius 2 is 1.83 bits per heavy atom. The zero-order valence-electron chi connectivity index (χ0n) is 13.4. The van der Waals surface area contributed by atoms with Crippen LogP contribution in [0.2, 0.25) is 5.02 Å². The number of carbonyl (C=O) groups excluding carboxylic acids is 1. The molecule has 1 heterocycles. The molecule has 0 radical (unpaired) electrons. The van der Waals surface area contributed by atoms with Gasteiger partial charge in [0.1, 0.15) is 0 Å². The minimum atomic E-state index is -0.0904. The highest BCUT2D eigenvalue weighted by Crippen LogP contribution is 2.20. The van der Waals surface area contributed by atoms with Crippen LogP contribution < -0.4 is 5.32 Å². The van der Waals surface area contributed by atoms with E-state index in [1.54, 1.807) is 12.1 Å². The van der Waals surface area contributed by atoms with Crippen LogP contribution >= 0.6 is 11.6 Å². The van der Waals surface area contributed by atoms with Gasteiger partial charge in [-0.05, 0) is 29.8 Å². The monoisotopic (exact) mass is 344 g/mol. The van der Waals surface area contributed by atoms with Crippen molar-refractivity contribution in [3.8, 4) is 0 Å². The first kappa shape index (κ1) is 17.0. The molecular formula is C19H21ClN2O2. The summed E-state index contributed by atoms with van der Waals surface area (Å²) in [4.78, 5) is 14.6. The van der Waals surface area contributed by atoms with Crippen LogP contribution in [0, 0.1) is 5.92 Å². The van der Waals surface area contributed by atoms with Gasteiger partial charge in [0.15, 0.2) is 0 Å². The molecule has 0 spiro atoms. The number of halogens is 1. The molecule has 126 valence electrons. The predicted molar refractivity (Wildman–Crippen MR) is 95.0 cm³/mol. The van der Waals surface area contributed by atoms with Gasteiger partial charge in [-0.3, -0.25) is 9.69 Å². The van der Waals surface area contributed by atoms with Crippen molar-refractivity contribution in [1.29, 1.82) is 0 Å². The maximum Gasteiger partial charge on any atom is 0.251 e. The van der Waals surface area contributed by atoms with Gasteiger partial charge in [-0.25, -0.2) is 0 Å². The number of aliphatic hydroxyl groups excluding tert-OH is 1. The van der Waals surface area contributed by atoms with Crippen LogP contribution in [0.15, 0.2) is 54.6 Å². The summed E-state index contributed by atoms with van der Waals surface area (Å²) in [5, 5.41) is 13.4. The first-order chi connectivity index (χ1) is 11.7. The van der Waals surface area contributed by atoms with Gasteiger partial charge in [0.05, 0.1) is 0 Å². The topological polar surface area (TPSA) is 52.6 Å². The van der Waals surface area contributed by atoms with E-state index in [-0.39, 0.29) is 24.5 Å². The number of carbonyl (C=O) groups is 1. The summed E-state index contributed by atoms with van der Waals surface area (Å²) in [5.41, 5.74) is 1.82. The van der Waals surface area contributed by atoms with Crippen LogP contribution in [0.25, 0.3) is 0 Å². The third-order valence-electron chi connectivity index (χ3n) is 4.42. The van der Waals surface area contributed by atoms with E-state index in [1.807, 2.05) is 42.5 Å². The Morgan fingerprint density at radius 3 is 2.50 bits per heavy atom. The number of nitrogens with zero attached hydrogens (tertiary/aromatic N) is 1. The standard InChI is InChI=1S/C19H21ClN2O2/c20-17-8-6-14(7-9-17)10-22-11-16(13-23)18(12-22)21-19(24)15-4-2-1-3-5-15/h1-9,16,18,23H,10-13H2,(H,21,24). The molecule has 2 aromatic rings. The number of hydrogen-bond acceptors (Lipinski definition) is 3. The van der Waals surface area contributed by atoms with E-state index in [1.165, 1.54) is 5.56 Å². The summed E-state index contributed by atoms with van der Waals surface area (Å²) in [7, 11) is 0. The molecule has 24 heavy (non-hydrogen) atoms. The number of aliphatic hydroxyl groups is 1. The van der Waals surface area contributed by atoms with E-state index in [4.69, 9.17) is 11.6 Å². The number of rotatable bonds is 5. The molecule has 2 atom stereocenters.